The predicted molar refractivity (Wildman–Crippen MR) is 104 cm³/mol. The van der Waals surface area contributed by atoms with Crippen molar-refractivity contribution in [3.63, 3.8) is 0 Å². The van der Waals surface area contributed by atoms with Crippen LogP contribution in [-0.2, 0) is 13.2 Å². The van der Waals surface area contributed by atoms with E-state index >= 15 is 0 Å². The smallest absolute Gasteiger partial charge is 0.163 e. The summed E-state index contributed by atoms with van der Waals surface area (Å²) >= 11 is 6.41. The molecule has 2 rings (SSSR count). The van der Waals surface area contributed by atoms with Gasteiger partial charge in [0.05, 0.1) is 6.61 Å². The van der Waals surface area contributed by atoms with Gasteiger partial charge in [-0.1, -0.05) is 23.7 Å². The Bertz CT molecular complexity index is 680. The molecule has 0 amide bonds. The van der Waals surface area contributed by atoms with Crippen LogP contribution < -0.4 is 20.1 Å². The Morgan fingerprint density at radius 1 is 1.04 bits per heavy atom. The Kier molecular flexibility index (Phi) is 8.68. The van der Waals surface area contributed by atoms with Gasteiger partial charge in [0.2, 0.25) is 0 Å². The van der Waals surface area contributed by atoms with Gasteiger partial charge in [0.15, 0.2) is 11.5 Å². The number of halogens is 2. The number of rotatable bonds is 11. The molecular formula is C20H26ClFN2O2. The SMILES string of the molecule is CCOc1cc(CNCCCNC)c(Cl)cc1OCc1ccc(F)cc1. The van der Waals surface area contributed by atoms with Gasteiger partial charge >= 0.3 is 0 Å². The summed E-state index contributed by atoms with van der Waals surface area (Å²) in [6.45, 7) is 5.32. The third kappa shape index (κ3) is 6.48. The maximum absolute atomic E-state index is 13.0. The first kappa shape index (κ1) is 20.5. The maximum atomic E-state index is 13.0. The summed E-state index contributed by atoms with van der Waals surface area (Å²) in [6, 6.07) is 9.91. The van der Waals surface area contributed by atoms with E-state index in [1.807, 2.05) is 20.0 Å². The van der Waals surface area contributed by atoms with E-state index in [1.165, 1.54) is 12.1 Å². The third-order valence-electron chi connectivity index (χ3n) is 3.82. The highest BCUT2D eigenvalue weighted by Gasteiger charge is 2.11. The first-order chi connectivity index (χ1) is 12.6. The van der Waals surface area contributed by atoms with Crippen molar-refractivity contribution >= 4 is 11.6 Å². The van der Waals surface area contributed by atoms with Crippen molar-refractivity contribution in [2.75, 3.05) is 26.7 Å². The van der Waals surface area contributed by atoms with Crippen LogP contribution in [0.15, 0.2) is 36.4 Å². The van der Waals surface area contributed by atoms with Crippen molar-refractivity contribution in [1.29, 1.82) is 0 Å². The van der Waals surface area contributed by atoms with E-state index in [-0.39, 0.29) is 5.82 Å². The molecule has 0 unspecified atom stereocenters. The lowest BCUT2D eigenvalue weighted by molar-refractivity contribution is 0.269. The average Bonchev–Trinajstić information content (AvgIpc) is 2.64. The fraction of sp³-hybridized carbons (Fsp3) is 0.400. The van der Waals surface area contributed by atoms with Crippen LogP contribution in [-0.4, -0.2) is 26.7 Å². The molecule has 0 radical (unpaired) electrons. The quantitative estimate of drug-likeness (QED) is 0.574. The summed E-state index contributed by atoms with van der Waals surface area (Å²) in [5.41, 5.74) is 1.84. The van der Waals surface area contributed by atoms with Crippen molar-refractivity contribution in [3.05, 3.63) is 58.4 Å². The zero-order valence-electron chi connectivity index (χ0n) is 15.3. The monoisotopic (exact) mass is 380 g/mol. The zero-order valence-corrected chi connectivity index (χ0v) is 16.0. The molecule has 0 bridgehead atoms. The van der Waals surface area contributed by atoms with E-state index in [9.17, 15) is 4.39 Å². The normalized spacial score (nSPS) is 10.8. The summed E-state index contributed by atoms with van der Waals surface area (Å²) < 4.78 is 24.5. The number of nitrogens with one attached hydrogen (secondary N) is 2. The second-order valence-electron chi connectivity index (χ2n) is 5.87. The van der Waals surface area contributed by atoms with Gasteiger partial charge in [0.25, 0.3) is 0 Å². The minimum absolute atomic E-state index is 0.265. The number of benzene rings is 2. The lowest BCUT2D eigenvalue weighted by Gasteiger charge is -2.15. The molecule has 0 heterocycles. The largest absolute Gasteiger partial charge is 0.490 e. The second-order valence-corrected chi connectivity index (χ2v) is 6.28. The van der Waals surface area contributed by atoms with Crippen LogP contribution in [0.3, 0.4) is 0 Å². The molecule has 0 saturated heterocycles. The van der Waals surface area contributed by atoms with Crippen LogP contribution in [0.2, 0.25) is 5.02 Å². The minimum Gasteiger partial charge on any atom is -0.490 e. The number of ether oxygens (including phenoxy) is 2. The molecular weight excluding hydrogens is 355 g/mol. The van der Waals surface area contributed by atoms with Gasteiger partial charge in [0.1, 0.15) is 12.4 Å². The summed E-state index contributed by atoms with van der Waals surface area (Å²) in [7, 11) is 1.94. The van der Waals surface area contributed by atoms with Crippen LogP contribution in [0.25, 0.3) is 0 Å². The molecule has 26 heavy (non-hydrogen) atoms. The molecule has 142 valence electrons. The van der Waals surface area contributed by atoms with Crippen molar-refractivity contribution in [3.8, 4) is 11.5 Å². The Labute approximate surface area is 159 Å². The molecule has 4 nitrogen and oxygen atoms in total. The molecule has 6 heteroatoms. The molecule has 0 aliphatic heterocycles. The zero-order chi connectivity index (χ0) is 18.8. The summed E-state index contributed by atoms with van der Waals surface area (Å²) in [5, 5.41) is 7.12. The number of hydrogen-bond acceptors (Lipinski definition) is 4. The molecule has 2 aromatic rings. The summed E-state index contributed by atoms with van der Waals surface area (Å²) in [4.78, 5) is 0. The van der Waals surface area contributed by atoms with Crippen LogP contribution >= 0.6 is 11.6 Å². The van der Waals surface area contributed by atoms with Crippen LogP contribution in [0.1, 0.15) is 24.5 Å². The molecule has 0 spiro atoms. The van der Waals surface area contributed by atoms with Gasteiger partial charge in [-0.25, -0.2) is 4.39 Å². The minimum atomic E-state index is -0.265. The van der Waals surface area contributed by atoms with Crippen molar-refractivity contribution in [2.45, 2.75) is 26.5 Å². The van der Waals surface area contributed by atoms with Crippen LogP contribution in [0.4, 0.5) is 4.39 Å². The molecule has 0 aromatic heterocycles. The molecule has 0 fully saturated rings. The van der Waals surface area contributed by atoms with Gasteiger partial charge in [-0.2, -0.15) is 0 Å². The van der Waals surface area contributed by atoms with E-state index < -0.39 is 0 Å². The molecule has 0 aliphatic rings. The van der Waals surface area contributed by atoms with Gasteiger partial charge in [-0.3, -0.25) is 0 Å². The van der Waals surface area contributed by atoms with E-state index in [1.54, 1.807) is 18.2 Å². The van der Waals surface area contributed by atoms with Gasteiger partial charge in [-0.05, 0) is 62.8 Å². The third-order valence-corrected chi connectivity index (χ3v) is 4.17. The van der Waals surface area contributed by atoms with Gasteiger partial charge in [-0.15, -0.1) is 0 Å². The topological polar surface area (TPSA) is 42.5 Å². The van der Waals surface area contributed by atoms with Crippen molar-refractivity contribution in [2.24, 2.45) is 0 Å². The van der Waals surface area contributed by atoms with Crippen molar-refractivity contribution < 1.29 is 13.9 Å². The average molecular weight is 381 g/mol. The van der Waals surface area contributed by atoms with E-state index in [2.05, 4.69) is 10.6 Å². The maximum Gasteiger partial charge on any atom is 0.163 e. The highest BCUT2D eigenvalue weighted by atomic mass is 35.5. The summed E-state index contributed by atoms with van der Waals surface area (Å²) in [5.74, 6) is 0.976. The molecule has 0 atom stereocenters. The van der Waals surface area contributed by atoms with Crippen molar-refractivity contribution in [1.82, 2.24) is 10.6 Å². The van der Waals surface area contributed by atoms with E-state index in [4.69, 9.17) is 21.1 Å². The standard InChI is InChI=1S/C20H26ClFN2O2/c1-3-25-19-11-16(13-24-10-4-9-23-2)18(21)12-20(19)26-14-15-5-7-17(22)8-6-15/h5-8,11-12,23-24H,3-4,9-10,13-14H2,1-2H3. The first-order valence-electron chi connectivity index (χ1n) is 8.81. The highest BCUT2D eigenvalue weighted by molar-refractivity contribution is 6.31. The Balaban J connectivity index is 2.03. The summed E-state index contributed by atoms with van der Waals surface area (Å²) in [6.07, 6.45) is 1.05. The fourth-order valence-corrected chi connectivity index (χ4v) is 2.67. The van der Waals surface area contributed by atoms with E-state index in [0.29, 0.717) is 36.3 Å². The molecule has 0 aliphatic carbocycles. The van der Waals surface area contributed by atoms with E-state index in [0.717, 1.165) is 30.6 Å². The highest BCUT2D eigenvalue weighted by Crippen LogP contribution is 2.34. The fourth-order valence-electron chi connectivity index (χ4n) is 2.45. The lowest BCUT2D eigenvalue weighted by atomic mass is 10.2. The first-order valence-corrected chi connectivity index (χ1v) is 9.19. The Morgan fingerprint density at radius 2 is 1.77 bits per heavy atom. The van der Waals surface area contributed by atoms with Gasteiger partial charge < -0.3 is 20.1 Å². The Hall–Kier alpha value is -1.82. The molecule has 0 saturated carbocycles. The lowest BCUT2D eigenvalue weighted by Crippen LogP contribution is -2.19. The molecule has 2 aromatic carbocycles. The predicted octanol–water partition coefficient (Wildman–Crippen LogP) is 4.16. The van der Waals surface area contributed by atoms with Crippen LogP contribution in [0.5, 0.6) is 11.5 Å². The second kappa shape index (κ2) is 11.0. The van der Waals surface area contributed by atoms with Crippen LogP contribution in [0, 0.1) is 5.82 Å². The Morgan fingerprint density at radius 3 is 2.46 bits per heavy atom. The number of hydrogen-bond donors (Lipinski definition) is 2. The van der Waals surface area contributed by atoms with Gasteiger partial charge in [0, 0.05) is 17.6 Å². The molecule has 2 N–H and O–H groups in total.